The Morgan fingerprint density at radius 3 is 2.35 bits per heavy atom. The minimum absolute atomic E-state index is 0.115. The van der Waals surface area contributed by atoms with E-state index in [4.69, 9.17) is 0 Å². The van der Waals surface area contributed by atoms with E-state index in [1.807, 2.05) is 6.07 Å². The number of aryl methyl sites for hydroxylation is 1. The first-order valence-corrected chi connectivity index (χ1v) is 11.7. The highest BCUT2D eigenvalue weighted by atomic mass is 16.2. The molecule has 2 aromatic carbocycles. The molecule has 1 amide bonds. The van der Waals surface area contributed by atoms with Crippen LogP contribution in [0.3, 0.4) is 0 Å². The van der Waals surface area contributed by atoms with Crippen molar-refractivity contribution in [3.63, 3.8) is 0 Å². The van der Waals surface area contributed by atoms with Gasteiger partial charge in [-0.15, -0.1) is 0 Å². The van der Waals surface area contributed by atoms with Crippen LogP contribution in [0.15, 0.2) is 101 Å². The second kappa shape index (κ2) is 7.38. The van der Waals surface area contributed by atoms with E-state index in [2.05, 4.69) is 0 Å². The van der Waals surface area contributed by atoms with Crippen molar-refractivity contribution in [1.29, 1.82) is 0 Å². The average Bonchev–Trinajstić information content (AvgIpc) is 3.38. The first-order chi connectivity index (χ1) is 18.0. The van der Waals surface area contributed by atoms with Crippen LogP contribution in [0.1, 0.15) is 20.8 Å². The van der Waals surface area contributed by atoms with Crippen LogP contribution < -0.4 is 30.2 Å². The molecular formula is C29H18N4O4+2. The highest BCUT2D eigenvalue weighted by molar-refractivity contribution is 6.40. The highest BCUT2D eigenvalue weighted by Gasteiger charge is 2.41. The zero-order chi connectivity index (χ0) is 25.4. The lowest BCUT2D eigenvalue weighted by atomic mass is 10.1. The van der Waals surface area contributed by atoms with Gasteiger partial charge in [0.05, 0.1) is 11.1 Å². The van der Waals surface area contributed by atoms with Gasteiger partial charge in [-0.1, -0.05) is 18.2 Å². The number of pyridine rings is 2. The predicted molar refractivity (Wildman–Crippen MR) is 136 cm³/mol. The van der Waals surface area contributed by atoms with Crippen LogP contribution in [0.5, 0.6) is 0 Å². The monoisotopic (exact) mass is 486 g/mol. The Morgan fingerprint density at radius 1 is 0.784 bits per heavy atom. The van der Waals surface area contributed by atoms with Crippen molar-refractivity contribution in [1.82, 2.24) is 4.40 Å². The van der Waals surface area contributed by atoms with Crippen LogP contribution in [-0.4, -0.2) is 16.1 Å². The molecule has 0 spiro atoms. The maximum absolute atomic E-state index is 14.0. The summed E-state index contributed by atoms with van der Waals surface area (Å²) in [5, 5.41) is 0.187. The Morgan fingerprint density at radius 2 is 1.51 bits per heavy atom. The van der Waals surface area contributed by atoms with Crippen LogP contribution in [-0.2, 0) is 7.05 Å². The van der Waals surface area contributed by atoms with Crippen LogP contribution in [0.25, 0.3) is 27.6 Å². The Labute approximate surface area is 208 Å². The summed E-state index contributed by atoms with van der Waals surface area (Å²) in [6.45, 7) is 0. The number of hydrogen-bond donors (Lipinski definition) is 0. The summed E-state index contributed by atoms with van der Waals surface area (Å²) in [4.78, 5) is 56.9. The molecule has 0 saturated carbocycles. The normalized spacial score (nSPS) is 14.7. The molecule has 0 unspecified atom stereocenters. The number of aromatic nitrogens is 3. The summed E-state index contributed by atoms with van der Waals surface area (Å²) in [7, 11) is 1.73. The summed E-state index contributed by atoms with van der Waals surface area (Å²) in [5.74, 6) is -0.966. The summed E-state index contributed by atoms with van der Waals surface area (Å²) in [6.07, 6.45) is 3.49. The van der Waals surface area contributed by atoms with E-state index in [1.54, 1.807) is 101 Å². The predicted octanol–water partition coefficient (Wildman–Crippen LogP) is 1.18. The van der Waals surface area contributed by atoms with Gasteiger partial charge >= 0.3 is 11.5 Å². The third-order valence-electron chi connectivity index (χ3n) is 6.99. The Hall–Kier alpha value is -5.24. The molecule has 0 bridgehead atoms. The van der Waals surface area contributed by atoms with Gasteiger partial charge in [-0.3, -0.25) is 28.5 Å². The van der Waals surface area contributed by atoms with Gasteiger partial charge in [-0.25, -0.2) is 0 Å². The molecule has 37 heavy (non-hydrogen) atoms. The molecule has 0 aliphatic carbocycles. The highest BCUT2D eigenvalue weighted by Crippen LogP contribution is 2.35. The van der Waals surface area contributed by atoms with E-state index in [0.717, 1.165) is 0 Å². The number of para-hydroxylation sites is 2. The Balaban J connectivity index is 1.72. The minimum Gasteiger partial charge on any atom is -0.287 e. The van der Waals surface area contributed by atoms with E-state index in [0.29, 0.717) is 38.9 Å². The summed E-state index contributed by atoms with van der Waals surface area (Å²) in [6, 6.07) is 22.3. The molecule has 0 fully saturated rings. The fourth-order valence-corrected chi connectivity index (χ4v) is 5.34. The fourth-order valence-electron chi connectivity index (χ4n) is 5.34. The molecule has 0 saturated heterocycles. The van der Waals surface area contributed by atoms with Crippen molar-refractivity contribution in [3.8, 4) is 0 Å². The van der Waals surface area contributed by atoms with Crippen LogP contribution in [0.4, 0.5) is 5.69 Å². The lowest BCUT2D eigenvalue weighted by Crippen LogP contribution is -2.46. The Kier molecular flexibility index (Phi) is 4.20. The number of carbonyl (C=O) groups excluding carboxylic acids is 2. The third kappa shape index (κ3) is 2.66. The van der Waals surface area contributed by atoms with Crippen molar-refractivity contribution in [3.05, 3.63) is 128 Å². The van der Waals surface area contributed by atoms with Crippen molar-refractivity contribution in [2.45, 2.75) is 0 Å². The molecule has 6 aromatic rings. The number of nitrogens with zero attached hydrogens (tertiary/aromatic N) is 4. The number of ketones is 1. The van der Waals surface area contributed by atoms with E-state index in [1.165, 1.54) is 9.30 Å². The molecule has 7 rings (SSSR count). The van der Waals surface area contributed by atoms with Crippen molar-refractivity contribution >= 4 is 45.0 Å². The summed E-state index contributed by atoms with van der Waals surface area (Å²) in [5.41, 5.74) is 1.32. The van der Waals surface area contributed by atoms with E-state index in [-0.39, 0.29) is 11.0 Å². The van der Waals surface area contributed by atoms with E-state index in [9.17, 15) is 19.2 Å². The number of benzene rings is 2. The van der Waals surface area contributed by atoms with Crippen LogP contribution in [0.2, 0.25) is 0 Å². The van der Waals surface area contributed by atoms with E-state index < -0.39 is 22.7 Å². The van der Waals surface area contributed by atoms with Gasteiger partial charge in [-0.2, -0.15) is 8.97 Å². The van der Waals surface area contributed by atoms with Gasteiger partial charge in [0.1, 0.15) is 23.6 Å². The van der Waals surface area contributed by atoms with Crippen molar-refractivity contribution < 1.29 is 18.6 Å². The van der Waals surface area contributed by atoms with Crippen LogP contribution in [0, 0.1) is 0 Å². The molecule has 0 radical (unpaired) electrons. The molecule has 8 heteroatoms. The number of carbonyl (C=O) groups is 2. The van der Waals surface area contributed by atoms with Crippen molar-refractivity contribution in [2.75, 3.05) is 4.90 Å². The number of hydrogen-bond acceptors (Lipinski definition) is 4. The molecule has 0 N–H and O–H groups in total. The molecule has 5 heterocycles. The first kappa shape index (κ1) is 21.1. The SMILES string of the molecule is C[n+]1ccccc1C(=O)N1/C(=c2\c(=O)c3cccc4c3n2c(=O)c2cccc[n+]24)C(=O)c2ccccc21. The zero-order valence-electron chi connectivity index (χ0n) is 19.6. The topological polar surface area (TPSA) is 83.9 Å². The second-order valence-electron chi connectivity index (χ2n) is 8.98. The number of Topliss-reactive ketones (excluding diaryl/α,β-unsaturated/α-hetero) is 1. The number of rotatable bonds is 1. The zero-order valence-corrected chi connectivity index (χ0v) is 19.6. The number of amides is 1. The molecule has 8 nitrogen and oxygen atoms in total. The lowest BCUT2D eigenvalue weighted by molar-refractivity contribution is -0.673. The molecule has 1 aliphatic heterocycles. The number of fused-ring (bicyclic) bond motifs is 3. The Bertz CT molecular complexity index is 2150. The quantitative estimate of drug-likeness (QED) is 0.258. The lowest BCUT2D eigenvalue weighted by Gasteiger charge is -2.16. The molecule has 1 aliphatic rings. The molecule has 176 valence electrons. The molecule has 0 atom stereocenters. The van der Waals surface area contributed by atoms with Gasteiger partial charge in [-0.05, 0) is 30.3 Å². The van der Waals surface area contributed by atoms with Crippen LogP contribution >= 0.6 is 0 Å². The van der Waals surface area contributed by atoms with Crippen molar-refractivity contribution in [2.24, 2.45) is 7.05 Å². The maximum Gasteiger partial charge on any atom is 0.328 e. The van der Waals surface area contributed by atoms with Gasteiger partial charge in [0.2, 0.25) is 16.7 Å². The van der Waals surface area contributed by atoms with E-state index >= 15 is 0 Å². The smallest absolute Gasteiger partial charge is 0.287 e. The molecular weight excluding hydrogens is 468 g/mol. The summed E-state index contributed by atoms with van der Waals surface area (Å²) >= 11 is 0. The third-order valence-corrected chi connectivity index (χ3v) is 6.99. The largest absolute Gasteiger partial charge is 0.328 e. The van der Waals surface area contributed by atoms with Gasteiger partial charge in [0, 0.05) is 35.9 Å². The fraction of sp³-hybridized carbons (Fsp3) is 0.0345. The van der Waals surface area contributed by atoms with Gasteiger partial charge < -0.3 is 0 Å². The standard InChI is InChI=1S/C29H18N4O4/c1-30-15-6-4-12-21(30)28(36)32-19-11-3-2-9-17(19)26(34)24(32)25-27(35)18-10-8-14-20-23(18)33(25)29(37)22-13-5-7-16-31(20)22/h2-16H,1H3/q+2/b25-24+. The van der Waals surface area contributed by atoms with Gasteiger partial charge in [0.15, 0.2) is 12.4 Å². The molecule has 4 aromatic heterocycles. The maximum atomic E-state index is 14.0. The number of anilines is 1. The van der Waals surface area contributed by atoms with Gasteiger partial charge in [0.25, 0.3) is 11.2 Å². The average molecular weight is 486 g/mol. The first-order valence-electron chi connectivity index (χ1n) is 11.7. The second-order valence-corrected chi connectivity index (χ2v) is 8.98. The summed E-state index contributed by atoms with van der Waals surface area (Å²) < 4.78 is 4.68. The minimum atomic E-state index is -0.487.